The van der Waals surface area contributed by atoms with Crippen LogP contribution in [0.2, 0.25) is 0 Å². The van der Waals surface area contributed by atoms with Gasteiger partial charge >= 0.3 is 7.60 Å². The monoisotopic (exact) mass is 320 g/mol. The molecule has 0 saturated carbocycles. The van der Waals surface area contributed by atoms with Crippen LogP contribution in [0.5, 0.6) is 0 Å². The van der Waals surface area contributed by atoms with Crippen LogP contribution in [0.4, 0.5) is 0 Å². The quantitative estimate of drug-likeness (QED) is 0.624. The molecule has 0 aliphatic rings. The van der Waals surface area contributed by atoms with Crippen LogP contribution in [0.3, 0.4) is 0 Å². The highest BCUT2D eigenvalue weighted by atomic mass is 32.1. The molecule has 1 aromatic heterocycles. The Kier molecular flexibility index (Phi) is 4.14. The van der Waals surface area contributed by atoms with Gasteiger partial charge < -0.3 is 9.05 Å². The number of fused-ring (bicyclic) bond motifs is 3. The van der Waals surface area contributed by atoms with E-state index in [1.165, 1.54) is 10.1 Å². The van der Waals surface area contributed by atoms with E-state index in [0.29, 0.717) is 18.5 Å². The van der Waals surface area contributed by atoms with E-state index in [0.717, 1.165) is 10.1 Å². The smallest absolute Gasteiger partial charge is 0.305 e. The summed E-state index contributed by atoms with van der Waals surface area (Å²) in [5, 5.41) is 2.96. The van der Waals surface area contributed by atoms with Crippen LogP contribution in [0, 0.1) is 0 Å². The van der Waals surface area contributed by atoms with Crippen molar-refractivity contribution in [3.8, 4) is 0 Å². The summed E-state index contributed by atoms with van der Waals surface area (Å²) in [7, 11) is -3.26. The lowest BCUT2D eigenvalue weighted by atomic mass is 10.1. The second kappa shape index (κ2) is 5.90. The molecular formula is C16H17O3PS. The molecule has 0 spiro atoms. The maximum atomic E-state index is 13.1. The zero-order chi connectivity index (χ0) is 14.9. The van der Waals surface area contributed by atoms with E-state index in [2.05, 4.69) is 18.2 Å². The number of benzene rings is 2. The van der Waals surface area contributed by atoms with Crippen molar-refractivity contribution in [1.29, 1.82) is 0 Å². The SMILES string of the molecule is CCOP(=O)(OCC)c1cccc2c1sc1ccccc12. The third-order valence-electron chi connectivity index (χ3n) is 3.28. The predicted octanol–water partition coefficient (Wildman–Crippen LogP) is 4.95. The third kappa shape index (κ3) is 2.53. The number of thiophene rings is 1. The van der Waals surface area contributed by atoms with E-state index < -0.39 is 7.60 Å². The minimum Gasteiger partial charge on any atom is -0.305 e. The molecule has 3 aromatic rings. The fourth-order valence-electron chi connectivity index (χ4n) is 2.46. The van der Waals surface area contributed by atoms with E-state index in [4.69, 9.17) is 9.05 Å². The summed E-state index contributed by atoms with van der Waals surface area (Å²) in [6.07, 6.45) is 0. The Labute approximate surface area is 128 Å². The molecule has 0 atom stereocenters. The van der Waals surface area contributed by atoms with Crippen LogP contribution < -0.4 is 5.30 Å². The van der Waals surface area contributed by atoms with E-state index in [-0.39, 0.29) is 0 Å². The van der Waals surface area contributed by atoms with E-state index in [1.807, 2.05) is 38.1 Å². The molecule has 0 aliphatic heterocycles. The highest BCUT2D eigenvalue weighted by Crippen LogP contribution is 2.50. The predicted molar refractivity (Wildman–Crippen MR) is 89.8 cm³/mol. The highest BCUT2D eigenvalue weighted by molar-refractivity contribution is 7.63. The van der Waals surface area contributed by atoms with Crippen molar-refractivity contribution in [2.24, 2.45) is 0 Å². The molecule has 1 heterocycles. The first kappa shape index (κ1) is 14.7. The number of rotatable bonds is 5. The van der Waals surface area contributed by atoms with Crippen molar-refractivity contribution in [3.05, 3.63) is 42.5 Å². The van der Waals surface area contributed by atoms with Gasteiger partial charge in [0.05, 0.1) is 23.2 Å². The molecule has 110 valence electrons. The van der Waals surface area contributed by atoms with Crippen molar-refractivity contribution in [2.45, 2.75) is 13.8 Å². The minimum absolute atomic E-state index is 0.360. The van der Waals surface area contributed by atoms with Gasteiger partial charge in [-0.25, -0.2) is 0 Å². The average Bonchev–Trinajstić information content (AvgIpc) is 2.86. The van der Waals surface area contributed by atoms with Crippen LogP contribution in [0.15, 0.2) is 42.5 Å². The normalized spacial score (nSPS) is 12.3. The van der Waals surface area contributed by atoms with Crippen molar-refractivity contribution in [1.82, 2.24) is 0 Å². The van der Waals surface area contributed by atoms with Gasteiger partial charge in [-0.05, 0) is 26.0 Å². The molecule has 0 fully saturated rings. The number of hydrogen-bond acceptors (Lipinski definition) is 4. The first-order valence-corrected chi connectivity index (χ1v) is 9.35. The third-order valence-corrected chi connectivity index (χ3v) is 6.81. The molecule has 0 amide bonds. The van der Waals surface area contributed by atoms with Gasteiger partial charge in [-0.15, -0.1) is 11.3 Å². The van der Waals surface area contributed by atoms with Gasteiger partial charge in [0.1, 0.15) is 0 Å². The molecule has 0 radical (unpaired) electrons. The summed E-state index contributed by atoms with van der Waals surface area (Å²) in [6.45, 7) is 4.38. The first-order chi connectivity index (χ1) is 10.2. The summed E-state index contributed by atoms with van der Waals surface area (Å²) >= 11 is 1.63. The lowest BCUT2D eigenvalue weighted by molar-refractivity contribution is 0.230. The minimum atomic E-state index is -3.26. The van der Waals surface area contributed by atoms with Crippen molar-refractivity contribution in [3.63, 3.8) is 0 Å². The van der Waals surface area contributed by atoms with Crippen LogP contribution in [0.25, 0.3) is 20.2 Å². The highest BCUT2D eigenvalue weighted by Gasteiger charge is 2.29. The van der Waals surface area contributed by atoms with E-state index in [1.54, 1.807) is 11.3 Å². The molecule has 3 rings (SSSR count). The van der Waals surface area contributed by atoms with Crippen LogP contribution >= 0.6 is 18.9 Å². The standard InChI is InChI=1S/C16H17O3PS/c1-3-18-20(17,19-4-2)14-10-7-9-13-12-8-5-6-11-15(12)21-16(13)14/h5-11H,3-4H2,1-2H3. The zero-order valence-electron chi connectivity index (χ0n) is 12.0. The summed E-state index contributed by atoms with van der Waals surface area (Å²) in [6, 6.07) is 14.0. The Bertz CT molecular complexity index is 815. The molecule has 5 heteroatoms. The molecule has 0 N–H and O–H groups in total. The topological polar surface area (TPSA) is 35.5 Å². The molecule has 2 aromatic carbocycles. The maximum Gasteiger partial charge on any atom is 0.362 e. The van der Waals surface area contributed by atoms with Gasteiger partial charge in [0.15, 0.2) is 0 Å². The zero-order valence-corrected chi connectivity index (χ0v) is 13.7. The summed E-state index contributed by atoms with van der Waals surface area (Å²) in [5.74, 6) is 0. The Balaban J connectivity index is 2.29. The molecule has 21 heavy (non-hydrogen) atoms. The van der Waals surface area contributed by atoms with Gasteiger partial charge in [0, 0.05) is 15.5 Å². The summed E-state index contributed by atoms with van der Waals surface area (Å²) in [4.78, 5) is 0. The van der Waals surface area contributed by atoms with Crippen LogP contribution in [-0.2, 0) is 13.6 Å². The van der Waals surface area contributed by atoms with Crippen LogP contribution in [-0.4, -0.2) is 13.2 Å². The van der Waals surface area contributed by atoms with Gasteiger partial charge in [-0.2, -0.15) is 0 Å². The Morgan fingerprint density at radius 1 is 0.952 bits per heavy atom. The Morgan fingerprint density at radius 3 is 2.33 bits per heavy atom. The second-order valence-electron chi connectivity index (χ2n) is 4.59. The molecule has 3 nitrogen and oxygen atoms in total. The van der Waals surface area contributed by atoms with Gasteiger partial charge in [-0.3, -0.25) is 4.57 Å². The fraction of sp³-hybridized carbons (Fsp3) is 0.250. The molecular weight excluding hydrogens is 303 g/mol. The molecule has 0 aliphatic carbocycles. The first-order valence-electron chi connectivity index (χ1n) is 6.99. The maximum absolute atomic E-state index is 13.1. The Hall–Kier alpha value is -1.19. The van der Waals surface area contributed by atoms with Crippen molar-refractivity contribution in [2.75, 3.05) is 13.2 Å². The molecule has 0 saturated heterocycles. The van der Waals surface area contributed by atoms with Crippen molar-refractivity contribution >= 4 is 44.4 Å². The summed E-state index contributed by atoms with van der Waals surface area (Å²) in [5.41, 5.74) is 0. The largest absolute Gasteiger partial charge is 0.362 e. The van der Waals surface area contributed by atoms with E-state index >= 15 is 0 Å². The Morgan fingerprint density at radius 2 is 1.62 bits per heavy atom. The average molecular weight is 320 g/mol. The van der Waals surface area contributed by atoms with Gasteiger partial charge in [0.2, 0.25) is 0 Å². The van der Waals surface area contributed by atoms with Gasteiger partial charge in [-0.1, -0.05) is 30.3 Å². The molecule has 0 unspecified atom stereocenters. The second-order valence-corrected chi connectivity index (χ2v) is 7.63. The number of hydrogen-bond donors (Lipinski definition) is 0. The summed E-state index contributed by atoms with van der Waals surface area (Å²) < 4.78 is 26.2. The fourth-order valence-corrected chi connectivity index (χ4v) is 5.72. The van der Waals surface area contributed by atoms with Gasteiger partial charge in [0.25, 0.3) is 0 Å². The van der Waals surface area contributed by atoms with E-state index in [9.17, 15) is 4.57 Å². The lowest BCUT2D eigenvalue weighted by Gasteiger charge is -2.17. The van der Waals surface area contributed by atoms with Crippen LogP contribution in [0.1, 0.15) is 13.8 Å². The lowest BCUT2D eigenvalue weighted by Crippen LogP contribution is -2.10. The molecule has 0 bridgehead atoms. The van der Waals surface area contributed by atoms with Crippen molar-refractivity contribution < 1.29 is 13.6 Å².